The van der Waals surface area contributed by atoms with Crippen molar-refractivity contribution < 1.29 is 0 Å². The minimum absolute atomic E-state index is 0.0738. The Morgan fingerprint density at radius 2 is 1.59 bits per heavy atom. The van der Waals surface area contributed by atoms with E-state index in [1.54, 1.807) is 4.57 Å². The SMILES string of the molecule is Cc1cnc(N2CCN(c3cc4ccc(C)cc4c(=O)n3C)CC2)c(C)c1. The van der Waals surface area contributed by atoms with Crippen molar-refractivity contribution in [3.63, 3.8) is 0 Å². The lowest BCUT2D eigenvalue weighted by molar-refractivity contribution is 0.627. The van der Waals surface area contributed by atoms with Crippen molar-refractivity contribution in [3.8, 4) is 0 Å². The molecule has 27 heavy (non-hydrogen) atoms. The van der Waals surface area contributed by atoms with E-state index in [9.17, 15) is 4.79 Å². The van der Waals surface area contributed by atoms with Crippen molar-refractivity contribution in [1.29, 1.82) is 0 Å². The van der Waals surface area contributed by atoms with Gasteiger partial charge in [-0.3, -0.25) is 9.36 Å². The number of rotatable bonds is 2. The van der Waals surface area contributed by atoms with Crippen LogP contribution in [0.2, 0.25) is 0 Å². The van der Waals surface area contributed by atoms with Crippen LogP contribution >= 0.6 is 0 Å². The molecule has 0 bridgehead atoms. The zero-order valence-electron chi connectivity index (χ0n) is 16.5. The van der Waals surface area contributed by atoms with Crippen molar-refractivity contribution in [1.82, 2.24) is 9.55 Å². The maximum atomic E-state index is 12.8. The summed E-state index contributed by atoms with van der Waals surface area (Å²) < 4.78 is 1.78. The molecule has 2 aromatic heterocycles. The molecule has 0 aliphatic carbocycles. The van der Waals surface area contributed by atoms with E-state index in [-0.39, 0.29) is 5.56 Å². The number of aromatic nitrogens is 2. The molecular formula is C22H26N4O. The first-order chi connectivity index (χ1) is 12.9. The second-order valence-electron chi connectivity index (χ2n) is 7.58. The Bertz CT molecular complexity index is 1060. The van der Waals surface area contributed by atoms with Crippen LogP contribution in [0.25, 0.3) is 10.8 Å². The van der Waals surface area contributed by atoms with Gasteiger partial charge in [0.25, 0.3) is 5.56 Å². The third-order valence-electron chi connectivity index (χ3n) is 5.46. The van der Waals surface area contributed by atoms with Crippen LogP contribution in [0.1, 0.15) is 16.7 Å². The molecular weight excluding hydrogens is 336 g/mol. The molecule has 140 valence electrons. The van der Waals surface area contributed by atoms with Gasteiger partial charge in [0.2, 0.25) is 0 Å². The topological polar surface area (TPSA) is 41.4 Å². The van der Waals surface area contributed by atoms with Gasteiger partial charge in [0.1, 0.15) is 11.6 Å². The highest BCUT2D eigenvalue weighted by Crippen LogP contribution is 2.24. The van der Waals surface area contributed by atoms with Gasteiger partial charge in [0.15, 0.2) is 0 Å². The highest BCUT2D eigenvalue weighted by atomic mass is 16.1. The second-order valence-corrected chi connectivity index (χ2v) is 7.58. The van der Waals surface area contributed by atoms with Crippen LogP contribution in [0.5, 0.6) is 0 Å². The summed E-state index contributed by atoms with van der Waals surface area (Å²) in [6.07, 6.45) is 1.93. The van der Waals surface area contributed by atoms with Gasteiger partial charge < -0.3 is 9.80 Å². The maximum Gasteiger partial charge on any atom is 0.259 e. The predicted molar refractivity (Wildman–Crippen MR) is 112 cm³/mol. The monoisotopic (exact) mass is 362 g/mol. The molecule has 0 N–H and O–H groups in total. The first-order valence-corrected chi connectivity index (χ1v) is 9.47. The molecule has 1 aromatic carbocycles. The van der Waals surface area contributed by atoms with Crippen LogP contribution in [0.4, 0.5) is 11.6 Å². The molecule has 1 aliphatic heterocycles. The lowest BCUT2D eigenvalue weighted by atomic mass is 10.1. The molecule has 3 heterocycles. The van der Waals surface area contributed by atoms with Crippen LogP contribution in [0, 0.1) is 20.8 Å². The highest BCUT2D eigenvalue weighted by molar-refractivity contribution is 5.84. The van der Waals surface area contributed by atoms with Crippen molar-refractivity contribution in [2.24, 2.45) is 7.05 Å². The van der Waals surface area contributed by atoms with Gasteiger partial charge in [-0.15, -0.1) is 0 Å². The third-order valence-corrected chi connectivity index (χ3v) is 5.46. The van der Waals surface area contributed by atoms with Crippen molar-refractivity contribution in [2.45, 2.75) is 20.8 Å². The Balaban J connectivity index is 1.60. The standard InChI is InChI=1S/C22H26N4O/c1-15-5-6-18-13-20(24(4)22(27)19(18)12-15)25-7-9-26(10-8-25)21-17(3)11-16(2)14-23-21/h5-6,11-14H,7-10H2,1-4H3. The average molecular weight is 362 g/mol. The summed E-state index contributed by atoms with van der Waals surface area (Å²) in [7, 11) is 1.87. The molecule has 0 saturated carbocycles. The van der Waals surface area contributed by atoms with Crippen LogP contribution in [-0.2, 0) is 7.05 Å². The zero-order chi connectivity index (χ0) is 19.1. The van der Waals surface area contributed by atoms with Crippen molar-refractivity contribution in [3.05, 3.63) is 63.6 Å². The molecule has 3 aromatic rings. The quantitative estimate of drug-likeness (QED) is 0.702. The number of piperazine rings is 1. The average Bonchev–Trinajstić information content (AvgIpc) is 2.65. The maximum absolute atomic E-state index is 12.8. The number of hydrogen-bond donors (Lipinski definition) is 0. The zero-order valence-corrected chi connectivity index (χ0v) is 16.5. The van der Waals surface area contributed by atoms with Gasteiger partial charge in [0, 0.05) is 44.8 Å². The Morgan fingerprint density at radius 1 is 0.889 bits per heavy atom. The summed E-state index contributed by atoms with van der Waals surface area (Å²) in [5.41, 5.74) is 3.60. The van der Waals surface area contributed by atoms with Gasteiger partial charge in [-0.25, -0.2) is 4.98 Å². The van der Waals surface area contributed by atoms with E-state index in [1.165, 1.54) is 11.1 Å². The second kappa shape index (κ2) is 6.72. The molecule has 1 saturated heterocycles. The van der Waals surface area contributed by atoms with E-state index in [0.29, 0.717) is 0 Å². The normalized spacial score (nSPS) is 14.8. The number of aryl methyl sites for hydroxylation is 3. The minimum atomic E-state index is 0.0738. The van der Waals surface area contributed by atoms with Crippen LogP contribution in [0.3, 0.4) is 0 Å². The summed E-state index contributed by atoms with van der Waals surface area (Å²) in [6, 6.07) is 10.4. The summed E-state index contributed by atoms with van der Waals surface area (Å²) in [6.45, 7) is 9.76. The molecule has 1 aliphatic rings. The first-order valence-electron chi connectivity index (χ1n) is 9.47. The van der Waals surface area contributed by atoms with Gasteiger partial charge in [-0.2, -0.15) is 0 Å². The highest BCUT2D eigenvalue weighted by Gasteiger charge is 2.21. The summed E-state index contributed by atoms with van der Waals surface area (Å²) in [5, 5.41) is 1.80. The van der Waals surface area contributed by atoms with Crippen molar-refractivity contribution >= 4 is 22.4 Å². The molecule has 1 fully saturated rings. The molecule has 0 unspecified atom stereocenters. The lowest BCUT2D eigenvalue weighted by Gasteiger charge is -2.37. The summed E-state index contributed by atoms with van der Waals surface area (Å²) >= 11 is 0. The molecule has 0 atom stereocenters. The van der Waals surface area contributed by atoms with Crippen LogP contribution in [0.15, 0.2) is 41.3 Å². The molecule has 5 nitrogen and oxygen atoms in total. The van der Waals surface area contributed by atoms with E-state index in [0.717, 1.165) is 54.2 Å². The smallest absolute Gasteiger partial charge is 0.259 e. The predicted octanol–water partition coefficient (Wildman–Crippen LogP) is 3.19. The Kier molecular flexibility index (Phi) is 4.38. The van der Waals surface area contributed by atoms with E-state index in [1.807, 2.05) is 32.3 Å². The number of fused-ring (bicyclic) bond motifs is 1. The van der Waals surface area contributed by atoms with E-state index >= 15 is 0 Å². The molecule has 0 spiro atoms. The number of pyridine rings is 2. The molecule has 0 radical (unpaired) electrons. The number of nitrogens with zero attached hydrogens (tertiary/aromatic N) is 4. The van der Waals surface area contributed by atoms with Crippen LogP contribution in [-0.4, -0.2) is 35.7 Å². The van der Waals surface area contributed by atoms with Crippen LogP contribution < -0.4 is 15.4 Å². The first kappa shape index (κ1) is 17.6. The van der Waals surface area contributed by atoms with Gasteiger partial charge in [0.05, 0.1) is 0 Å². The lowest BCUT2D eigenvalue weighted by Crippen LogP contribution is -2.48. The number of hydrogen-bond acceptors (Lipinski definition) is 4. The fraction of sp³-hybridized carbons (Fsp3) is 0.364. The number of anilines is 2. The summed E-state index contributed by atoms with van der Waals surface area (Å²) in [5.74, 6) is 2.06. The van der Waals surface area contributed by atoms with E-state index < -0.39 is 0 Å². The fourth-order valence-corrected chi connectivity index (χ4v) is 3.99. The molecule has 5 heteroatoms. The number of benzene rings is 1. The van der Waals surface area contributed by atoms with E-state index in [4.69, 9.17) is 0 Å². The van der Waals surface area contributed by atoms with Gasteiger partial charge in [-0.05, 0) is 49.4 Å². The Morgan fingerprint density at radius 3 is 2.30 bits per heavy atom. The van der Waals surface area contributed by atoms with Crippen molar-refractivity contribution in [2.75, 3.05) is 36.0 Å². The fourth-order valence-electron chi connectivity index (χ4n) is 3.99. The Hall–Kier alpha value is -2.82. The third kappa shape index (κ3) is 3.18. The minimum Gasteiger partial charge on any atom is -0.354 e. The molecule has 4 rings (SSSR count). The molecule has 0 amide bonds. The summed E-state index contributed by atoms with van der Waals surface area (Å²) in [4.78, 5) is 22.1. The van der Waals surface area contributed by atoms with Gasteiger partial charge in [-0.1, -0.05) is 23.8 Å². The van der Waals surface area contributed by atoms with E-state index in [2.05, 4.69) is 46.8 Å². The largest absolute Gasteiger partial charge is 0.354 e. The Labute approximate surface area is 159 Å². The van der Waals surface area contributed by atoms with Gasteiger partial charge >= 0.3 is 0 Å².